The summed E-state index contributed by atoms with van der Waals surface area (Å²) in [6.07, 6.45) is 0.121. The first-order valence-corrected chi connectivity index (χ1v) is 7.58. The van der Waals surface area contributed by atoms with E-state index in [1.807, 2.05) is 0 Å². The zero-order valence-electron chi connectivity index (χ0n) is 14.4. The Labute approximate surface area is 141 Å². The van der Waals surface area contributed by atoms with Gasteiger partial charge in [-0.3, -0.25) is 0 Å². The minimum absolute atomic E-state index is 0.122. The quantitative estimate of drug-likeness (QED) is 0.773. The van der Waals surface area contributed by atoms with Crippen LogP contribution >= 0.6 is 0 Å². The van der Waals surface area contributed by atoms with Crippen LogP contribution in [0.3, 0.4) is 0 Å². The first-order valence-electron chi connectivity index (χ1n) is 7.58. The maximum atomic E-state index is 13.7. The fourth-order valence-electron chi connectivity index (χ4n) is 1.86. The highest BCUT2D eigenvalue weighted by Crippen LogP contribution is 2.23. The number of benzene rings is 1. The maximum Gasteiger partial charge on any atom is 0.407 e. The number of carbonyl (C=O) groups is 1. The third-order valence-electron chi connectivity index (χ3n) is 2.85. The smallest absolute Gasteiger partial charge is 0.407 e. The largest absolute Gasteiger partial charge is 0.495 e. The number of rotatable bonds is 7. The second kappa shape index (κ2) is 9.08. The van der Waals surface area contributed by atoms with Crippen molar-refractivity contribution >= 4 is 6.09 Å². The second-order valence-electron chi connectivity index (χ2n) is 6.10. The number of methoxy groups -OCH3 is 1. The molecule has 24 heavy (non-hydrogen) atoms. The van der Waals surface area contributed by atoms with E-state index in [9.17, 15) is 9.18 Å². The summed E-state index contributed by atoms with van der Waals surface area (Å²) in [5.74, 6) is -0.454. The molecule has 1 rings (SSSR count). The van der Waals surface area contributed by atoms with Gasteiger partial charge >= 0.3 is 6.09 Å². The minimum atomic E-state index is -0.637. The van der Waals surface area contributed by atoms with Crippen LogP contribution in [0.5, 0.6) is 5.75 Å². The normalized spacial score (nSPS) is 10.8. The molecule has 1 amide bonds. The highest BCUT2D eigenvalue weighted by Gasteiger charge is 2.15. The van der Waals surface area contributed by atoms with Crippen LogP contribution in [-0.2, 0) is 16.1 Å². The number of carbonyl (C=O) groups excluding carboxylic acids is 1. The maximum absolute atomic E-state index is 13.7. The lowest BCUT2D eigenvalue weighted by Crippen LogP contribution is -2.33. The van der Waals surface area contributed by atoms with Crippen LogP contribution in [0.15, 0.2) is 12.1 Å². The molecule has 0 unspecified atom stereocenters. The van der Waals surface area contributed by atoms with Crippen LogP contribution in [0.1, 0.15) is 38.3 Å². The van der Waals surface area contributed by atoms with Crippen LogP contribution in [0.25, 0.3) is 0 Å². The van der Waals surface area contributed by atoms with Gasteiger partial charge in [0.25, 0.3) is 0 Å². The summed E-state index contributed by atoms with van der Waals surface area (Å²) in [5.41, 5.74) is -0.0782. The van der Waals surface area contributed by atoms with Crippen LogP contribution in [-0.4, -0.2) is 32.0 Å². The number of ether oxygens (including phenoxy) is 3. The van der Waals surface area contributed by atoms with Crippen molar-refractivity contribution in [3.8, 4) is 11.8 Å². The van der Waals surface area contributed by atoms with E-state index >= 15 is 0 Å². The molecule has 1 aromatic rings. The standard InChI is InChI=1S/C17H23FN2O4/c1-17(2,3)24-16(21)20-6-5-7-23-11-12-8-14(18)13(10-19)15(9-12)22-4/h8-9H,5-7,11H2,1-4H3,(H,20,21). The van der Waals surface area contributed by atoms with E-state index in [0.717, 1.165) is 0 Å². The number of nitrogens with zero attached hydrogens (tertiary/aromatic N) is 1. The molecule has 0 saturated carbocycles. The molecule has 0 aliphatic heterocycles. The Morgan fingerprint density at radius 2 is 2.08 bits per heavy atom. The Morgan fingerprint density at radius 3 is 2.67 bits per heavy atom. The Kier molecular flexibility index (Phi) is 7.46. The number of hydrogen-bond acceptors (Lipinski definition) is 5. The molecule has 0 fully saturated rings. The molecule has 0 saturated heterocycles. The lowest BCUT2D eigenvalue weighted by atomic mass is 10.1. The molecule has 1 aromatic carbocycles. The molecule has 0 heterocycles. The van der Waals surface area contributed by atoms with Crippen molar-refractivity contribution in [2.45, 2.75) is 39.4 Å². The van der Waals surface area contributed by atoms with E-state index in [0.29, 0.717) is 25.1 Å². The van der Waals surface area contributed by atoms with Crippen molar-refractivity contribution in [2.75, 3.05) is 20.3 Å². The molecule has 6 nitrogen and oxygen atoms in total. The first-order chi connectivity index (χ1) is 11.3. The van der Waals surface area contributed by atoms with Gasteiger partial charge in [-0.25, -0.2) is 9.18 Å². The highest BCUT2D eigenvalue weighted by molar-refractivity contribution is 5.67. The lowest BCUT2D eigenvalue weighted by molar-refractivity contribution is 0.0518. The zero-order valence-corrected chi connectivity index (χ0v) is 14.4. The van der Waals surface area contributed by atoms with Gasteiger partial charge in [-0.2, -0.15) is 5.26 Å². The van der Waals surface area contributed by atoms with Gasteiger partial charge in [0.05, 0.1) is 13.7 Å². The average molecular weight is 338 g/mol. The lowest BCUT2D eigenvalue weighted by Gasteiger charge is -2.19. The molecule has 0 radical (unpaired) electrons. The molecule has 132 valence electrons. The summed E-state index contributed by atoms with van der Waals surface area (Å²) in [7, 11) is 1.38. The van der Waals surface area contributed by atoms with Crippen molar-refractivity contribution in [1.29, 1.82) is 5.26 Å². The Hall–Kier alpha value is -2.33. The molecule has 0 bridgehead atoms. The van der Waals surface area contributed by atoms with E-state index in [4.69, 9.17) is 19.5 Å². The van der Waals surface area contributed by atoms with Crippen molar-refractivity contribution in [2.24, 2.45) is 0 Å². The van der Waals surface area contributed by atoms with Gasteiger partial charge in [-0.15, -0.1) is 0 Å². The number of nitriles is 1. The molecule has 7 heteroatoms. The summed E-state index contributed by atoms with van der Waals surface area (Å²) < 4.78 is 29.3. The van der Waals surface area contributed by atoms with Crippen molar-refractivity contribution in [3.63, 3.8) is 0 Å². The molecule has 0 aliphatic carbocycles. The molecule has 0 spiro atoms. The van der Waals surface area contributed by atoms with Crippen LogP contribution < -0.4 is 10.1 Å². The van der Waals surface area contributed by atoms with Gasteiger partial charge < -0.3 is 19.5 Å². The van der Waals surface area contributed by atoms with Gasteiger partial charge in [0.2, 0.25) is 0 Å². The predicted molar refractivity (Wildman–Crippen MR) is 86.2 cm³/mol. The summed E-state index contributed by atoms with van der Waals surface area (Å²) in [4.78, 5) is 11.4. The second-order valence-corrected chi connectivity index (χ2v) is 6.10. The number of hydrogen-bond donors (Lipinski definition) is 1. The fraction of sp³-hybridized carbons (Fsp3) is 0.529. The monoisotopic (exact) mass is 338 g/mol. The van der Waals surface area contributed by atoms with Crippen LogP contribution in [0, 0.1) is 17.1 Å². The molecule has 0 atom stereocenters. The Balaban J connectivity index is 2.33. The van der Waals surface area contributed by atoms with Crippen LogP contribution in [0.4, 0.5) is 9.18 Å². The minimum Gasteiger partial charge on any atom is -0.495 e. The van der Waals surface area contributed by atoms with Gasteiger partial charge in [-0.1, -0.05) is 0 Å². The summed E-state index contributed by atoms with van der Waals surface area (Å²) in [5, 5.41) is 11.5. The predicted octanol–water partition coefficient (Wildman–Crippen LogP) is 3.14. The van der Waals surface area contributed by atoms with E-state index < -0.39 is 17.5 Å². The molecule has 0 aliphatic rings. The van der Waals surface area contributed by atoms with E-state index in [2.05, 4.69) is 5.32 Å². The van der Waals surface area contributed by atoms with Gasteiger partial charge in [-0.05, 0) is 44.9 Å². The van der Waals surface area contributed by atoms with E-state index in [-0.39, 0.29) is 17.9 Å². The van der Waals surface area contributed by atoms with E-state index in [1.165, 1.54) is 13.2 Å². The first kappa shape index (κ1) is 19.7. The van der Waals surface area contributed by atoms with E-state index in [1.54, 1.807) is 32.9 Å². The van der Waals surface area contributed by atoms with Crippen molar-refractivity contribution < 1.29 is 23.4 Å². The number of alkyl carbamates (subject to hydrolysis) is 1. The van der Waals surface area contributed by atoms with Gasteiger partial charge in [0.15, 0.2) is 0 Å². The summed E-state index contributed by atoms with van der Waals surface area (Å²) in [6, 6.07) is 4.58. The summed E-state index contributed by atoms with van der Waals surface area (Å²) >= 11 is 0. The van der Waals surface area contributed by atoms with Gasteiger partial charge in [0, 0.05) is 13.2 Å². The number of halogens is 1. The highest BCUT2D eigenvalue weighted by atomic mass is 19.1. The Bertz CT molecular complexity index is 606. The average Bonchev–Trinajstić information content (AvgIpc) is 2.48. The Morgan fingerprint density at radius 1 is 1.38 bits per heavy atom. The third-order valence-corrected chi connectivity index (χ3v) is 2.85. The topological polar surface area (TPSA) is 80.6 Å². The molecule has 1 N–H and O–H groups in total. The SMILES string of the molecule is COc1cc(COCCCNC(=O)OC(C)(C)C)cc(F)c1C#N. The molecule has 0 aromatic heterocycles. The molecular formula is C17H23FN2O4. The van der Waals surface area contributed by atoms with Crippen LogP contribution in [0.2, 0.25) is 0 Å². The molecular weight excluding hydrogens is 315 g/mol. The zero-order chi connectivity index (χ0) is 18.2. The van der Waals surface area contributed by atoms with Gasteiger partial charge in [0.1, 0.15) is 28.8 Å². The third kappa shape index (κ3) is 6.84. The fourth-order valence-corrected chi connectivity index (χ4v) is 1.86. The summed E-state index contributed by atoms with van der Waals surface area (Å²) in [6.45, 7) is 6.37. The van der Waals surface area contributed by atoms with Crippen molar-refractivity contribution in [1.82, 2.24) is 5.32 Å². The number of amides is 1. The number of nitrogens with one attached hydrogen (secondary N) is 1. The van der Waals surface area contributed by atoms with Crippen molar-refractivity contribution in [3.05, 3.63) is 29.1 Å².